The molecule has 1 heterocycles. The van der Waals surface area contributed by atoms with E-state index in [4.69, 9.17) is 9.47 Å². The summed E-state index contributed by atoms with van der Waals surface area (Å²) in [6.45, 7) is 7.58. The van der Waals surface area contributed by atoms with E-state index in [-0.39, 0.29) is 5.56 Å². The standard InChI is InChI=1S/C15H27N3O3/c1-13(2)12-18-8-7-17-14(15(18)19)16-6-4-5-9-21-11-10-20-3/h7-8,13H,4-6,9-12H2,1-3H3,(H,16,17). The van der Waals surface area contributed by atoms with Crippen LogP contribution in [0.3, 0.4) is 0 Å². The minimum Gasteiger partial charge on any atom is -0.382 e. The first-order valence-corrected chi connectivity index (χ1v) is 7.51. The first-order chi connectivity index (χ1) is 10.1. The molecule has 0 saturated heterocycles. The molecule has 0 saturated carbocycles. The van der Waals surface area contributed by atoms with Crippen LogP contribution in [0.5, 0.6) is 0 Å². The summed E-state index contributed by atoms with van der Waals surface area (Å²) in [6, 6.07) is 0. The Morgan fingerprint density at radius 3 is 2.81 bits per heavy atom. The summed E-state index contributed by atoms with van der Waals surface area (Å²) in [5.41, 5.74) is -0.0532. The van der Waals surface area contributed by atoms with Gasteiger partial charge in [-0.15, -0.1) is 0 Å². The van der Waals surface area contributed by atoms with E-state index in [0.717, 1.165) is 19.4 Å². The fourth-order valence-corrected chi connectivity index (χ4v) is 1.89. The number of hydrogen-bond acceptors (Lipinski definition) is 5. The number of anilines is 1. The number of unbranched alkanes of at least 4 members (excludes halogenated alkanes) is 1. The predicted molar refractivity (Wildman–Crippen MR) is 83.8 cm³/mol. The van der Waals surface area contributed by atoms with Crippen LogP contribution in [-0.2, 0) is 16.0 Å². The molecule has 1 N–H and O–H groups in total. The van der Waals surface area contributed by atoms with Crippen molar-refractivity contribution < 1.29 is 9.47 Å². The lowest BCUT2D eigenvalue weighted by atomic mass is 10.2. The molecule has 0 radical (unpaired) electrons. The summed E-state index contributed by atoms with van der Waals surface area (Å²) < 4.78 is 12.0. The van der Waals surface area contributed by atoms with Gasteiger partial charge in [-0.05, 0) is 18.8 Å². The summed E-state index contributed by atoms with van der Waals surface area (Å²) in [5.74, 6) is 0.862. The molecule has 1 aromatic heterocycles. The third-order valence-corrected chi connectivity index (χ3v) is 2.92. The number of nitrogens with one attached hydrogen (secondary N) is 1. The maximum absolute atomic E-state index is 12.1. The molecule has 6 nitrogen and oxygen atoms in total. The van der Waals surface area contributed by atoms with Gasteiger partial charge in [0.1, 0.15) is 0 Å². The maximum atomic E-state index is 12.1. The summed E-state index contributed by atoms with van der Waals surface area (Å²) in [7, 11) is 1.66. The average Bonchev–Trinajstić information content (AvgIpc) is 2.45. The van der Waals surface area contributed by atoms with E-state index in [9.17, 15) is 4.79 Å². The van der Waals surface area contributed by atoms with Crippen LogP contribution in [0.25, 0.3) is 0 Å². The fraction of sp³-hybridized carbons (Fsp3) is 0.733. The predicted octanol–water partition coefficient (Wildman–Crippen LogP) is 1.75. The molecule has 120 valence electrons. The minimum absolute atomic E-state index is 0.0532. The Morgan fingerprint density at radius 1 is 1.29 bits per heavy atom. The highest BCUT2D eigenvalue weighted by Crippen LogP contribution is 1.99. The summed E-state index contributed by atoms with van der Waals surface area (Å²) >= 11 is 0. The highest BCUT2D eigenvalue weighted by Gasteiger charge is 2.05. The van der Waals surface area contributed by atoms with Gasteiger partial charge in [-0.2, -0.15) is 0 Å². The number of nitrogens with zero attached hydrogens (tertiary/aromatic N) is 2. The van der Waals surface area contributed by atoms with Crippen LogP contribution in [-0.4, -0.2) is 43.0 Å². The van der Waals surface area contributed by atoms with Crippen molar-refractivity contribution in [3.8, 4) is 0 Å². The summed E-state index contributed by atoms with van der Waals surface area (Å²) in [5, 5.41) is 3.10. The molecule has 6 heteroatoms. The Bertz CT molecular complexity index is 446. The largest absolute Gasteiger partial charge is 0.382 e. The lowest BCUT2D eigenvalue weighted by Gasteiger charge is -2.10. The van der Waals surface area contributed by atoms with Crippen molar-refractivity contribution in [3.05, 3.63) is 22.7 Å². The summed E-state index contributed by atoms with van der Waals surface area (Å²) in [4.78, 5) is 16.3. The van der Waals surface area contributed by atoms with Crippen LogP contribution >= 0.6 is 0 Å². The quantitative estimate of drug-likeness (QED) is 0.630. The van der Waals surface area contributed by atoms with Crippen LogP contribution in [0.1, 0.15) is 26.7 Å². The Balaban J connectivity index is 2.27. The van der Waals surface area contributed by atoms with E-state index in [1.165, 1.54) is 0 Å². The minimum atomic E-state index is -0.0532. The maximum Gasteiger partial charge on any atom is 0.293 e. The number of hydrogen-bond donors (Lipinski definition) is 1. The van der Waals surface area contributed by atoms with Crippen molar-refractivity contribution >= 4 is 5.82 Å². The monoisotopic (exact) mass is 297 g/mol. The van der Waals surface area contributed by atoms with Gasteiger partial charge in [-0.3, -0.25) is 4.79 Å². The first kappa shape index (κ1) is 17.7. The molecule has 0 aromatic carbocycles. The van der Waals surface area contributed by atoms with Crippen molar-refractivity contribution in [1.82, 2.24) is 9.55 Å². The van der Waals surface area contributed by atoms with E-state index in [2.05, 4.69) is 24.1 Å². The molecule has 21 heavy (non-hydrogen) atoms. The van der Waals surface area contributed by atoms with Gasteiger partial charge in [0.05, 0.1) is 13.2 Å². The first-order valence-electron chi connectivity index (χ1n) is 7.51. The van der Waals surface area contributed by atoms with Gasteiger partial charge in [-0.25, -0.2) is 4.98 Å². The molecule has 0 fully saturated rings. The molecular weight excluding hydrogens is 270 g/mol. The zero-order chi connectivity index (χ0) is 15.5. The average molecular weight is 297 g/mol. The Morgan fingerprint density at radius 2 is 2.10 bits per heavy atom. The molecule has 0 amide bonds. The lowest BCUT2D eigenvalue weighted by Crippen LogP contribution is -2.26. The van der Waals surface area contributed by atoms with Crippen LogP contribution in [0.4, 0.5) is 5.82 Å². The SMILES string of the molecule is COCCOCCCCNc1nccn(CC(C)C)c1=O. The Labute approximate surface area is 126 Å². The second-order valence-corrected chi connectivity index (χ2v) is 5.37. The Hall–Kier alpha value is -1.40. The van der Waals surface area contributed by atoms with E-state index in [1.54, 1.807) is 24.1 Å². The number of aromatic nitrogens is 2. The van der Waals surface area contributed by atoms with Crippen molar-refractivity contribution in [2.24, 2.45) is 5.92 Å². The molecule has 0 aliphatic heterocycles. The van der Waals surface area contributed by atoms with Crippen LogP contribution in [0.15, 0.2) is 17.2 Å². The second kappa shape index (κ2) is 10.3. The molecule has 0 unspecified atom stereocenters. The normalized spacial score (nSPS) is 11.0. The summed E-state index contributed by atoms with van der Waals surface area (Å²) in [6.07, 6.45) is 5.29. The second-order valence-electron chi connectivity index (χ2n) is 5.37. The fourth-order valence-electron chi connectivity index (χ4n) is 1.89. The van der Waals surface area contributed by atoms with Gasteiger partial charge in [0.2, 0.25) is 0 Å². The molecule has 0 atom stereocenters. The smallest absolute Gasteiger partial charge is 0.293 e. The third kappa shape index (κ3) is 7.24. The van der Waals surface area contributed by atoms with Gasteiger partial charge < -0.3 is 19.4 Å². The van der Waals surface area contributed by atoms with Crippen molar-refractivity contribution in [1.29, 1.82) is 0 Å². The van der Waals surface area contributed by atoms with Crippen LogP contribution in [0, 0.1) is 5.92 Å². The highest BCUT2D eigenvalue weighted by molar-refractivity contribution is 5.30. The lowest BCUT2D eigenvalue weighted by molar-refractivity contribution is 0.0691. The van der Waals surface area contributed by atoms with Gasteiger partial charge in [0, 0.05) is 39.2 Å². The van der Waals surface area contributed by atoms with E-state index >= 15 is 0 Å². The van der Waals surface area contributed by atoms with Gasteiger partial charge in [0.25, 0.3) is 5.56 Å². The highest BCUT2D eigenvalue weighted by atomic mass is 16.5. The van der Waals surface area contributed by atoms with Crippen LogP contribution < -0.4 is 10.9 Å². The van der Waals surface area contributed by atoms with E-state index in [1.807, 2.05) is 0 Å². The molecule has 1 aromatic rings. The van der Waals surface area contributed by atoms with E-state index < -0.39 is 0 Å². The number of rotatable bonds is 11. The zero-order valence-corrected chi connectivity index (χ0v) is 13.3. The number of ether oxygens (including phenoxy) is 2. The molecule has 0 bridgehead atoms. The molecular formula is C15H27N3O3. The van der Waals surface area contributed by atoms with Crippen molar-refractivity contribution in [2.75, 3.05) is 38.8 Å². The van der Waals surface area contributed by atoms with Crippen LogP contribution in [0.2, 0.25) is 0 Å². The molecule has 0 aliphatic rings. The third-order valence-electron chi connectivity index (χ3n) is 2.92. The van der Waals surface area contributed by atoms with Crippen molar-refractivity contribution in [2.45, 2.75) is 33.2 Å². The molecule has 1 rings (SSSR count). The van der Waals surface area contributed by atoms with Gasteiger partial charge >= 0.3 is 0 Å². The number of methoxy groups -OCH3 is 1. The Kier molecular flexibility index (Phi) is 8.69. The molecule has 0 spiro atoms. The van der Waals surface area contributed by atoms with Crippen molar-refractivity contribution in [3.63, 3.8) is 0 Å². The van der Waals surface area contributed by atoms with E-state index in [0.29, 0.717) is 38.1 Å². The molecule has 0 aliphatic carbocycles. The zero-order valence-electron chi connectivity index (χ0n) is 13.3. The topological polar surface area (TPSA) is 65.4 Å². The van der Waals surface area contributed by atoms with Gasteiger partial charge in [-0.1, -0.05) is 13.8 Å². The van der Waals surface area contributed by atoms with Gasteiger partial charge in [0.15, 0.2) is 5.82 Å².